The number of hydrogen-bond acceptors (Lipinski definition) is 15. The Balaban J connectivity index is 1.30. The number of aromatic hydroxyl groups is 1. The average molecular weight is 835 g/mol. The highest BCUT2D eigenvalue weighted by Gasteiger charge is 2.63. The molecule has 4 aromatic rings. The van der Waals surface area contributed by atoms with E-state index in [0.29, 0.717) is 26.1 Å². The molecule has 61 heavy (non-hydrogen) atoms. The Morgan fingerprint density at radius 2 is 1.07 bits per heavy atom. The molecule has 0 unspecified atom stereocenters. The molecular formula is C40H34N8O13. The van der Waals surface area contributed by atoms with Crippen LogP contribution < -0.4 is 19.6 Å². The molecule has 4 aromatic carbocycles. The highest BCUT2D eigenvalue weighted by Crippen LogP contribution is 2.61. The molecular weight excluding hydrogens is 800 g/mol. The van der Waals surface area contributed by atoms with E-state index in [0.717, 1.165) is 29.2 Å². The second-order valence-electron chi connectivity index (χ2n) is 15.8. The van der Waals surface area contributed by atoms with Crippen LogP contribution in [0.1, 0.15) is 24.3 Å². The zero-order valence-corrected chi connectivity index (χ0v) is 32.7. The van der Waals surface area contributed by atoms with E-state index in [-0.39, 0.29) is 35.5 Å². The molecule has 0 aromatic heterocycles. The van der Waals surface area contributed by atoms with E-state index in [1.165, 1.54) is 39.2 Å². The van der Waals surface area contributed by atoms with E-state index >= 15 is 0 Å². The maximum Gasteiger partial charge on any atom is 0.301 e. The van der Waals surface area contributed by atoms with Crippen molar-refractivity contribution in [2.45, 2.75) is 18.8 Å². The van der Waals surface area contributed by atoms with Crippen molar-refractivity contribution >= 4 is 79.9 Å². The molecule has 1 N–H and O–H groups in total. The fourth-order valence-corrected chi connectivity index (χ4v) is 9.94. The van der Waals surface area contributed by atoms with Gasteiger partial charge in [-0.05, 0) is 35.6 Å². The molecule has 21 heteroatoms. The minimum Gasteiger partial charge on any atom is -0.508 e. The quantitative estimate of drug-likeness (QED) is 0.0962. The first-order valence-corrected chi connectivity index (χ1v) is 18.8. The molecule has 4 aliphatic rings. The topological polar surface area (TPSA) is 274 Å². The summed E-state index contributed by atoms with van der Waals surface area (Å²) in [6, 6.07) is 13.6. The Morgan fingerprint density at radius 3 is 1.54 bits per heavy atom. The average Bonchev–Trinajstić information content (AvgIpc) is 3.62. The lowest BCUT2D eigenvalue weighted by Crippen LogP contribution is -2.43. The van der Waals surface area contributed by atoms with Crippen LogP contribution in [0.3, 0.4) is 0 Å². The Hall–Kier alpha value is -7.84. The summed E-state index contributed by atoms with van der Waals surface area (Å²) >= 11 is 0. The maximum atomic E-state index is 14.9. The van der Waals surface area contributed by atoms with Crippen LogP contribution in [0.25, 0.3) is 10.8 Å². The molecule has 8 rings (SSSR count). The van der Waals surface area contributed by atoms with Crippen LogP contribution in [0.2, 0.25) is 0 Å². The zero-order chi connectivity index (χ0) is 44.1. The lowest BCUT2D eigenvalue weighted by atomic mass is 9.56. The molecule has 2 aliphatic heterocycles. The predicted molar refractivity (Wildman–Crippen MR) is 216 cm³/mol. The first-order valence-electron chi connectivity index (χ1n) is 18.8. The van der Waals surface area contributed by atoms with E-state index in [1.807, 2.05) is 0 Å². The number of carbonyl (C=O) groups excluding carboxylic acids is 4. The molecule has 2 aliphatic carbocycles. The van der Waals surface area contributed by atoms with E-state index < -0.39 is 113 Å². The van der Waals surface area contributed by atoms with Gasteiger partial charge in [-0.25, -0.2) is 9.80 Å². The molecule has 312 valence electrons. The molecule has 0 radical (unpaired) electrons. The van der Waals surface area contributed by atoms with E-state index in [4.69, 9.17) is 0 Å². The number of imide groups is 2. The smallest absolute Gasteiger partial charge is 0.301 e. The summed E-state index contributed by atoms with van der Waals surface area (Å²) in [5.74, 6) is -10.7. The zero-order valence-electron chi connectivity index (χ0n) is 32.7. The van der Waals surface area contributed by atoms with Crippen LogP contribution in [-0.4, -0.2) is 76.6 Å². The Kier molecular flexibility index (Phi) is 9.28. The summed E-state index contributed by atoms with van der Waals surface area (Å²) < 4.78 is 0. The largest absolute Gasteiger partial charge is 0.508 e. The molecule has 0 spiro atoms. The summed E-state index contributed by atoms with van der Waals surface area (Å²) in [7, 11) is 5.44. The fraction of sp³-hybridized carbons (Fsp3) is 0.300. The van der Waals surface area contributed by atoms with Gasteiger partial charge in [-0.1, -0.05) is 42.0 Å². The Bertz CT molecular complexity index is 2680. The minimum atomic E-state index is -1.30. The number of anilines is 4. The molecule has 0 bridgehead atoms. The number of nitro groups is 4. The monoisotopic (exact) mass is 834 g/mol. The van der Waals surface area contributed by atoms with Crippen LogP contribution in [-0.2, 0) is 19.2 Å². The number of nitrogens with zero attached hydrogens (tertiary/aromatic N) is 8. The normalized spacial score (nSPS) is 23.0. The lowest BCUT2D eigenvalue weighted by Gasteiger charge is -2.44. The number of nitro benzene ring substituents is 4. The fourth-order valence-electron chi connectivity index (χ4n) is 9.94. The van der Waals surface area contributed by atoms with Gasteiger partial charge in [-0.2, -0.15) is 0 Å². The minimum absolute atomic E-state index is 0.0901. The van der Waals surface area contributed by atoms with Crippen molar-refractivity contribution in [3.8, 4) is 5.75 Å². The third-order valence-corrected chi connectivity index (χ3v) is 12.2. The second kappa shape index (κ2) is 14.2. The number of carbonyl (C=O) groups is 4. The molecule has 2 heterocycles. The van der Waals surface area contributed by atoms with Crippen molar-refractivity contribution < 1.29 is 44.0 Å². The van der Waals surface area contributed by atoms with Gasteiger partial charge in [0.1, 0.15) is 5.75 Å². The molecule has 1 saturated carbocycles. The van der Waals surface area contributed by atoms with Gasteiger partial charge in [-0.3, -0.25) is 59.6 Å². The molecule has 6 atom stereocenters. The van der Waals surface area contributed by atoms with E-state index in [9.17, 15) is 64.7 Å². The van der Waals surface area contributed by atoms with Crippen LogP contribution in [0.15, 0.2) is 72.3 Å². The number of allylic oxidation sites excluding steroid dienone is 2. The van der Waals surface area contributed by atoms with Gasteiger partial charge in [0.05, 0.1) is 54.7 Å². The van der Waals surface area contributed by atoms with Gasteiger partial charge in [0.15, 0.2) is 11.4 Å². The standard InChI is InChI=1S/C40H34N8O13/c1-41(2)35-26(45(54)55)13-19(14-27(35)46(56)57)43-37(50)23-11-10-22-24(31(23)39(43)52)17-25-34(33(22)32-21-8-6-5-7-18(21)9-12-30(32)49)40(53)44(38(25)51)20-15-28(47(58)59)36(42(3)4)29(16-20)48(60)61/h5-10,12-16,23-25,31,33-34,49H,11,17H2,1-4H3/t23-,24+,25+,31-,33+,34+/m0/s1. The Morgan fingerprint density at radius 1 is 0.607 bits per heavy atom. The van der Waals surface area contributed by atoms with Gasteiger partial charge < -0.3 is 14.9 Å². The number of rotatable bonds is 9. The Labute approximate surface area is 343 Å². The van der Waals surface area contributed by atoms with Crippen molar-refractivity contribution in [2.75, 3.05) is 47.8 Å². The highest BCUT2D eigenvalue weighted by molar-refractivity contribution is 6.24. The van der Waals surface area contributed by atoms with Crippen molar-refractivity contribution in [3.05, 3.63) is 118 Å². The van der Waals surface area contributed by atoms with E-state index in [2.05, 4.69) is 0 Å². The van der Waals surface area contributed by atoms with Crippen molar-refractivity contribution in [1.29, 1.82) is 0 Å². The SMILES string of the molecule is CN(C)c1c([N+](=O)[O-])cc(N2C(=O)[C@H]3[C@H](CC=C4[C@H]3C[C@H]3C(=O)N(c5cc([N+](=O)[O-])c(N(C)C)c([N+](=O)[O-])c5)C(=O)[C@H]3[C@H]4c3c(O)ccc4ccccc34)C2=O)cc1[N+](=O)[O-]. The summed E-state index contributed by atoms with van der Waals surface area (Å²) in [5.41, 5.74) is -3.89. The first-order chi connectivity index (χ1) is 28.8. The maximum absolute atomic E-state index is 14.9. The van der Waals surface area contributed by atoms with Crippen LogP contribution in [0.4, 0.5) is 45.5 Å². The van der Waals surface area contributed by atoms with Crippen LogP contribution >= 0.6 is 0 Å². The number of benzene rings is 4. The van der Waals surface area contributed by atoms with Gasteiger partial charge >= 0.3 is 22.7 Å². The first kappa shape index (κ1) is 40.0. The highest BCUT2D eigenvalue weighted by atomic mass is 16.6. The lowest BCUT2D eigenvalue weighted by molar-refractivity contribution is -0.392. The third kappa shape index (κ3) is 5.90. The van der Waals surface area contributed by atoms with Gasteiger partial charge in [0, 0.05) is 63.9 Å². The van der Waals surface area contributed by atoms with Gasteiger partial charge in [0.2, 0.25) is 23.6 Å². The molecule has 21 nitrogen and oxygen atoms in total. The number of phenolic OH excluding ortho intramolecular Hbond substituents is 1. The van der Waals surface area contributed by atoms with Gasteiger partial charge in [0.25, 0.3) is 0 Å². The summed E-state index contributed by atoms with van der Waals surface area (Å²) in [5, 5.41) is 61.8. The number of phenols is 1. The summed E-state index contributed by atoms with van der Waals surface area (Å²) in [6.07, 6.45) is 1.35. The number of hydrogen-bond donors (Lipinski definition) is 1. The van der Waals surface area contributed by atoms with Crippen molar-refractivity contribution in [3.63, 3.8) is 0 Å². The molecule has 4 amide bonds. The van der Waals surface area contributed by atoms with Crippen LogP contribution in [0, 0.1) is 70.0 Å². The predicted octanol–water partition coefficient (Wildman–Crippen LogP) is 5.36. The third-order valence-electron chi connectivity index (χ3n) is 12.2. The number of fused-ring (bicyclic) bond motifs is 5. The van der Waals surface area contributed by atoms with Crippen molar-refractivity contribution in [2.24, 2.45) is 29.6 Å². The molecule has 2 saturated heterocycles. The molecule has 3 fully saturated rings. The second-order valence-corrected chi connectivity index (χ2v) is 15.8. The summed E-state index contributed by atoms with van der Waals surface area (Å²) in [6.45, 7) is 0. The van der Waals surface area contributed by atoms with Crippen molar-refractivity contribution in [1.82, 2.24) is 0 Å². The van der Waals surface area contributed by atoms with Gasteiger partial charge in [-0.15, -0.1) is 0 Å². The van der Waals surface area contributed by atoms with E-state index in [1.54, 1.807) is 36.4 Å². The van der Waals surface area contributed by atoms with Crippen LogP contribution in [0.5, 0.6) is 5.75 Å². The summed E-state index contributed by atoms with van der Waals surface area (Å²) in [4.78, 5) is 108. The number of amides is 4.